The SMILES string of the molecule is COC1(CC(O)c2cc(F)ccc2Cl)CCC1. The molecule has 1 aromatic rings. The summed E-state index contributed by atoms with van der Waals surface area (Å²) >= 11 is 5.96. The van der Waals surface area contributed by atoms with E-state index in [0.717, 1.165) is 19.3 Å². The van der Waals surface area contributed by atoms with Crippen molar-refractivity contribution in [2.24, 2.45) is 0 Å². The maximum atomic E-state index is 13.1. The maximum absolute atomic E-state index is 13.1. The van der Waals surface area contributed by atoms with E-state index in [1.807, 2.05) is 0 Å². The van der Waals surface area contributed by atoms with Crippen LogP contribution in [0.4, 0.5) is 4.39 Å². The van der Waals surface area contributed by atoms with Gasteiger partial charge in [0.2, 0.25) is 0 Å². The quantitative estimate of drug-likeness (QED) is 0.896. The number of aliphatic hydroxyl groups excluding tert-OH is 1. The zero-order valence-electron chi connectivity index (χ0n) is 9.75. The number of hydrogen-bond donors (Lipinski definition) is 1. The Hall–Kier alpha value is -0.640. The van der Waals surface area contributed by atoms with Gasteiger partial charge in [0.25, 0.3) is 0 Å². The minimum absolute atomic E-state index is 0.255. The summed E-state index contributed by atoms with van der Waals surface area (Å²) < 4.78 is 18.6. The molecule has 0 spiro atoms. The molecule has 0 amide bonds. The third-order valence-corrected chi connectivity index (χ3v) is 3.92. The van der Waals surface area contributed by atoms with Gasteiger partial charge in [-0.05, 0) is 37.5 Å². The van der Waals surface area contributed by atoms with Crippen molar-refractivity contribution < 1.29 is 14.2 Å². The highest BCUT2D eigenvalue weighted by Gasteiger charge is 2.39. The lowest BCUT2D eigenvalue weighted by atomic mass is 9.75. The second-order valence-corrected chi connectivity index (χ2v) is 5.03. The fraction of sp³-hybridized carbons (Fsp3) is 0.538. The van der Waals surface area contributed by atoms with E-state index in [2.05, 4.69) is 0 Å². The van der Waals surface area contributed by atoms with Gasteiger partial charge in [-0.15, -0.1) is 0 Å². The number of halogens is 2. The van der Waals surface area contributed by atoms with Crippen molar-refractivity contribution in [3.8, 4) is 0 Å². The van der Waals surface area contributed by atoms with Gasteiger partial charge in [0.05, 0.1) is 11.7 Å². The van der Waals surface area contributed by atoms with Crippen molar-refractivity contribution in [1.82, 2.24) is 0 Å². The molecule has 2 nitrogen and oxygen atoms in total. The Labute approximate surface area is 105 Å². The van der Waals surface area contributed by atoms with Crippen LogP contribution in [0.1, 0.15) is 37.4 Å². The first kappa shape index (κ1) is 12.8. The first-order valence-electron chi connectivity index (χ1n) is 5.74. The highest BCUT2D eigenvalue weighted by atomic mass is 35.5. The van der Waals surface area contributed by atoms with Crippen LogP contribution >= 0.6 is 11.6 Å². The summed E-state index contributed by atoms with van der Waals surface area (Å²) in [6.45, 7) is 0. The molecule has 0 aliphatic heterocycles. The van der Waals surface area contributed by atoms with Gasteiger partial charge >= 0.3 is 0 Å². The molecule has 4 heteroatoms. The Morgan fingerprint density at radius 2 is 2.24 bits per heavy atom. The Morgan fingerprint density at radius 3 is 2.76 bits per heavy atom. The molecule has 1 atom stereocenters. The van der Waals surface area contributed by atoms with E-state index in [1.54, 1.807) is 7.11 Å². The molecular weight excluding hydrogens is 243 g/mol. The summed E-state index contributed by atoms with van der Waals surface area (Å²) in [5, 5.41) is 10.5. The van der Waals surface area contributed by atoms with E-state index in [0.29, 0.717) is 17.0 Å². The standard InChI is InChI=1S/C13H16ClFO2/c1-17-13(5-2-6-13)8-12(16)10-7-9(15)3-4-11(10)14/h3-4,7,12,16H,2,5-6,8H2,1H3. The number of hydrogen-bond acceptors (Lipinski definition) is 2. The normalized spacial score (nSPS) is 19.8. The Balaban J connectivity index is 2.13. The molecular formula is C13H16ClFO2. The molecule has 0 radical (unpaired) electrons. The van der Waals surface area contributed by atoms with Crippen LogP contribution in [0.15, 0.2) is 18.2 Å². The molecule has 1 fully saturated rings. The lowest BCUT2D eigenvalue weighted by molar-refractivity contribution is -0.0999. The highest BCUT2D eigenvalue weighted by Crippen LogP contribution is 2.42. The molecule has 1 aliphatic rings. The average molecular weight is 259 g/mol. The summed E-state index contributed by atoms with van der Waals surface area (Å²) in [6.07, 6.45) is 2.67. The number of rotatable bonds is 4. The number of ether oxygens (including phenoxy) is 1. The van der Waals surface area contributed by atoms with Crippen LogP contribution in [-0.4, -0.2) is 17.8 Å². The topological polar surface area (TPSA) is 29.5 Å². The zero-order chi connectivity index (χ0) is 12.5. The van der Waals surface area contributed by atoms with E-state index in [4.69, 9.17) is 16.3 Å². The smallest absolute Gasteiger partial charge is 0.123 e. The van der Waals surface area contributed by atoms with Crippen molar-refractivity contribution in [3.63, 3.8) is 0 Å². The monoisotopic (exact) mass is 258 g/mol. The fourth-order valence-corrected chi connectivity index (χ4v) is 2.54. The van der Waals surface area contributed by atoms with Gasteiger partial charge in [-0.1, -0.05) is 11.6 Å². The molecule has 17 heavy (non-hydrogen) atoms. The molecule has 2 rings (SSSR count). The largest absolute Gasteiger partial charge is 0.388 e. The molecule has 1 unspecified atom stereocenters. The summed E-state index contributed by atoms with van der Waals surface area (Å²) in [5.74, 6) is -0.386. The Morgan fingerprint density at radius 1 is 1.53 bits per heavy atom. The van der Waals surface area contributed by atoms with Gasteiger partial charge in [-0.2, -0.15) is 0 Å². The van der Waals surface area contributed by atoms with Crippen molar-refractivity contribution in [1.29, 1.82) is 0 Å². The van der Waals surface area contributed by atoms with Crippen LogP contribution in [0, 0.1) is 5.82 Å². The van der Waals surface area contributed by atoms with Gasteiger partial charge < -0.3 is 9.84 Å². The second kappa shape index (κ2) is 4.92. The van der Waals surface area contributed by atoms with E-state index < -0.39 is 6.10 Å². The van der Waals surface area contributed by atoms with Crippen molar-refractivity contribution in [3.05, 3.63) is 34.6 Å². The van der Waals surface area contributed by atoms with Crippen LogP contribution in [-0.2, 0) is 4.74 Å². The van der Waals surface area contributed by atoms with Gasteiger partial charge in [0.15, 0.2) is 0 Å². The molecule has 0 bridgehead atoms. The predicted octanol–water partition coefficient (Wildman–Crippen LogP) is 3.47. The highest BCUT2D eigenvalue weighted by molar-refractivity contribution is 6.31. The number of aliphatic hydroxyl groups is 1. The van der Waals surface area contributed by atoms with Crippen LogP contribution in [0.25, 0.3) is 0 Å². The maximum Gasteiger partial charge on any atom is 0.123 e. The summed E-state index contributed by atoms with van der Waals surface area (Å²) in [4.78, 5) is 0. The summed E-state index contributed by atoms with van der Waals surface area (Å²) in [6, 6.07) is 4.04. The predicted molar refractivity (Wildman–Crippen MR) is 64.6 cm³/mol. The fourth-order valence-electron chi connectivity index (χ4n) is 2.29. The zero-order valence-corrected chi connectivity index (χ0v) is 10.5. The molecule has 1 saturated carbocycles. The van der Waals surface area contributed by atoms with Gasteiger partial charge in [-0.25, -0.2) is 4.39 Å². The van der Waals surface area contributed by atoms with Crippen molar-refractivity contribution >= 4 is 11.6 Å². The van der Waals surface area contributed by atoms with E-state index in [-0.39, 0.29) is 11.4 Å². The first-order chi connectivity index (χ1) is 8.06. The lowest BCUT2D eigenvalue weighted by Crippen LogP contribution is -2.40. The molecule has 1 aliphatic carbocycles. The van der Waals surface area contributed by atoms with E-state index in [1.165, 1.54) is 18.2 Å². The first-order valence-corrected chi connectivity index (χ1v) is 6.12. The van der Waals surface area contributed by atoms with E-state index in [9.17, 15) is 9.50 Å². The Bertz CT molecular complexity index is 399. The van der Waals surface area contributed by atoms with Crippen LogP contribution in [0.3, 0.4) is 0 Å². The van der Waals surface area contributed by atoms with Crippen LogP contribution in [0.5, 0.6) is 0 Å². The third kappa shape index (κ3) is 2.62. The summed E-state index contributed by atoms with van der Waals surface area (Å²) in [7, 11) is 1.65. The molecule has 1 aromatic carbocycles. The van der Waals surface area contributed by atoms with Crippen LogP contribution < -0.4 is 0 Å². The Kier molecular flexibility index (Phi) is 3.71. The molecule has 0 heterocycles. The van der Waals surface area contributed by atoms with Crippen LogP contribution in [0.2, 0.25) is 5.02 Å². The second-order valence-electron chi connectivity index (χ2n) is 4.63. The molecule has 1 N–H and O–H groups in total. The number of benzene rings is 1. The molecule has 0 aromatic heterocycles. The van der Waals surface area contributed by atoms with E-state index >= 15 is 0 Å². The van der Waals surface area contributed by atoms with Gasteiger partial charge in [0.1, 0.15) is 5.82 Å². The molecule has 0 saturated heterocycles. The number of methoxy groups -OCH3 is 1. The average Bonchev–Trinajstić information content (AvgIpc) is 2.26. The minimum Gasteiger partial charge on any atom is -0.388 e. The van der Waals surface area contributed by atoms with Crippen molar-refractivity contribution in [2.45, 2.75) is 37.4 Å². The van der Waals surface area contributed by atoms with Crippen molar-refractivity contribution in [2.75, 3.05) is 7.11 Å². The lowest BCUT2D eigenvalue weighted by Gasteiger charge is -2.42. The third-order valence-electron chi connectivity index (χ3n) is 3.58. The molecule has 94 valence electrons. The minimum atomic E-state index is -0.779. The van der Waals surface area contributed by atoms with Gasteiger partial charge in [0, 0.05) is 24.1 Å². The van der Waals surface area contributed by atoms with Gasteiger partial charge in [-0.3, -0.25) is 0 Å². The summed E-state index contributed by atoms with van der Waals surface area (Å²) in [5.41, 5.74) is 0.185.